The first-order valence-corrected chi connectivity index (χ1v) is 5.96. The Bertz CT molecular complexity index is 689. The molecule has 0 unspecified atom stereocenters. The Labute approximate surface area is 114 Å². The van der Waals surface area contributed by atoms with Gasteiger partial charge in [-0.3, -0.25) is 9.78 Å². The molecule has 0 fully saturated rings. The van der Waals surface area contributed by atoms with Crippen molar-refractivity contribution in [3.63, 3.8) is 0 Å². The highest BCUT2D eigenvalue weighted by Gasteiger charge is 2.25. The van der Waals surface area contributed by atoms with E-state index in [2.05, 4.69) is 14.9 Å². The zero-order valence-corrected chi connectivity index (χ0v) is 10.7. The van der Waals surface area contributed by atoms with Crippen LogP contribution in [-0.4, -0.2) is 34.3 Å². The molecular formula is C14H12N2O4. The van der Waals surface area contributed by atoms with E-state index in [0.717, 1.165) is 0 Å². The lowest BCUT2D eigenvalue weighted by molar-refractivity contribution is -0.150. The van der Waals surface area contributed by atoms with Gasteiger partial charge in [-0.2, -0.15) is 0 Å². The fourth-order valence-electron chi connectivity index (χ4n) is 1.82. The van der Waals surface area contributed by atoms with Gasteiger partial charge >= 0.3 is 5.97 Å². The average Bonchev–Trinajstić information content (AvgIpc) is 2.48. The molecule has 102 valence electrons. The predicted molar refractivity (Wildman–Crippen MR) is 71.7 cm³/mol. The lowest BCUT2D eigenvalue weighted by atomic mass is 10.0. The van der Waals surface area contributed by atoms with Crippen LogP contribution in [0.2, 0.25) is 0 Å². The zero-order chi connectivity index (χ0) is 14.5. The summed E-state index contributed by atoms with van der Waals surface area (Å²) in [6.45, 7) is 1.66. The van der Waals surface area contributed by atoms with Crippen LogP contribution in [0.3, 0.4) is 0 Å². The quantitative estimate of drug-likeness (QED) is 0.300. The van der Waals surface area contributed by atoms with E-state index in [1.54, 1.807) is 31.2 Å². The summed E-state index contributed by atoms with van der Waals surface area (Å²) >= 11 is 0. The molecule has 6 heteroatoms. The van der Waals surface area contributed by atoms with E-state index in [-0.39, 0.29) is 12.3 Å². The van der Waals surface area contributed by atoms with Crippen molar-refractivity contribution in [2.24, 2.45) is 5.16 Å². The van der Waals surface area contributed by atoms with Crippen LogP contribution in [0.1, 0.15) is 12.5 Å². The Hall–Kier alpha value is -2.76. The number of esters is 1. The molecule has 1 aromatic heterocycles. The topological polar surface area (TPSA) is 88.9 Å². The van der Waals surface area contributed by atoms with Gasteiger partial charge < -0.3 is 9.94 Å². The highest BCUT2D eigenvalue weighted by Crippen LogP contribution is 2.17. The Morgan fingerprint density at radius 2 is 2.05 bits per heavy atom. The summed E-state index contributed by atoms with van der Waals surface area (Å²) in [6.07, 6.45) is 1.47. The molecule has 1 heterocycles. The third kappa shape index (κ3) is 2.49. The Morgan fingerprint density at radius 3 is 2.75 bits per heavy atom. The fraction of sp³-hybridized carbons (Fsp3) is 0.143. The van der Waals surface area contributed by atoms with Gasteiger partial charge in [-0.25, -0.2) is 4.79 Å². The van der Waals surface area contributed by atoms with Crippen LogP contribution in [0.15, 0.2) is 41.7 Å². The van der Waals surface area contributed by atoms with Gasteiger partial charge in [-0.15, -0.1) is 0 Å². The number of oxime groups is 1. The number of ketones is 1. The van der Waals surface area contributed by atoms with Crippen LogP contribution < -0.4 is 0 Å². The van der Waals surface area contributed by atoms with Crippen molar-refractivity contribution in [2.45, 2.75) is 6.92 Å². The van der Waals surface area contributed by atoms with Crippen molar-refractivity contribution in [1.29, 1.82) is 0 Å². The van der Waals surface area contributed by atoms with E-state index in [1.807, 2.05) is 0 Å². The molecule has 2 rings (SSSR count). The first-order valence-electron chi connectivity index (χ1n) is 5.96. The van der Waals surface area contributed by atoms with Gasteiger partial charge in [-0.05, 0) is 19.1 Å². The van der Waals surface area contributed by atoms with Crippen LogP contribution in [0.5, 0.6) is 0 Å². The molecule has 0 aliphatic rings. The van der Waals surface area contributed by atoms with Crippen LogP contribution in [0.4, 0.5) is 0 Å². The fourth-order valence-corrected chi connectivity index (χ4v) is 1.82. The second-order valence-electron chi connectivity index (χ2n) is 3.87. The van der Waals surface area contributed by atoms with Crippen molar-refractivity contribution < 1.29 is 19.5 Å². The maximum absolute atomic E-state index is 11.9. The van der Waals surface area contributed by atoms with E-state index in [4.69, 9.17) is 5.21 Å². The lowest BCUT2D eigenvalue weighted by Gasteiger charge is -2.06. The monoisotopic (exact) mass is 272 g/mol. The molecule has 0 bridgehead atoms. The Balaban J connectivity index is 2.51. The van der Waals surface area contributed by atoms with Gasteiger partial charge in [0.15, 0.2) is 5.71 Å². The molecule has 1 N–H and O–H groups in total. The van der Waals surface area contributed by atoms with Crippen LogP contribution in [0, 0.1) is 0 Å². The number of Topliss-reactive ketones (excluding diaryl/α,β-unsaturated/α-hetero) is 1. The standard InChI is InChI=1S/C14H12N2O4/c1-2-20-14(18)13(17)12(16-19)10-7-8-15-11-6-4-3-5-9(10)11/h3-8,19H,2H2,1H3/b16-12+. The second-order valence-corrected chi connectivity index (χ2v) is 3.87. The van der Waals surface area contributed by atoms with E-state index < -0.39 is 11.8 Å². The predicted octanol–water partition coefficient (Wildman–Crippen LogP) is 1.55. The molecule has 0 atom stereocenters. The number of hydrogen-bond donors (Lipinski definition) is 1. The largest absolute Gasteiger partial charge is 0.460 e. The first kappa shape index (κ1) is 13.7. The molecule has 20 heavy (non-hydrogen) atoms. The highest BCUT2D eigenvalue weighted by atomic mass is 16.5. The third-order valence-electron chi connectivity index (χ3n) is 2.68. The van der Waals surface area contributed by atoms with Crippen LogP contribution in [0.25, 0.3) is 10.9 Å². The van der Waals surface area contributed by atoms with Crippen molar-refractivity contribution >= 4 is 28.4 Å². The minimum absolute atomic E-state index is 0.0698. The summed E-state index contributed by atoms with van der Waals surface area (Å²) in [5, 5.41) is 12.6. The van der Waals surface area contributed by atoms with E-state index in [9.17, 15) is 9.59 Å². The third-order valence-corrected chi connectivity index (χ3v) is 2.68. The van der Waals surface area contributed by atoms with Gasteiger partial charge in [0.1, 0.15) is 0 Å². The van der Waals surface area contributed by atoms with Gasteiger partial charge in [0.25, 0.3) is 5.78 Å². The SMILES string of the molecule is CCOC(=O)C(=O)/C(=N/O)c1ccnc2ccccc12. The molecule has 2 aromatic rings. The number of pyridine rings is 1. The first-order chi connectivity index (χ1) is 9.69. The normalized spacial score (nSPS) is 11.3. The van der Waals surface area contributed by atoms with Crippen molar-refractivity contribution in [3.05, 3.63) is 42.1 Å². The highest BCUT2D eigenvalue weighted by molar-refractivity contribution is 6.67. The van der Waals surface area contributed by atoms with E-state index >= 15 is 0 Å². The summed E-state index contributed by atoms with van der Waals surface area (Å²) in [5.74, 6) is -2.05. The molecule has 6 nitrogen and oxygen atoms in total. The summed E-state index contributed by atoms with van der Waals surface area (Å²) in [4.78, 5) is 27.5. The minimum Gasteiger partial charge on any atom is -0.460 e. The number of aromatic nitrogens is 1. The summed E-state index contributed by atoms with van der Waals surface area (Å²) < 4.78 is 4.62. The van der Waals surface area contributed by atoms with Gasteiger partial charge in [0.05, 0.1) is 12.1 Å². The number of carbonyl (C=O) groups is 2. The summed E-state index contributed by atoms with van der Waals surface area (Å²) in [7, 11) is 0. The number of hydrogen-bond acceptors (Lipinski definition) is 6. The Morgan fingerprint density at radius 1 is 1.30 bits per heavy atom. The van der Waals surface area contributed by atoms with Gasteiger partial charge in [0, 0.05) is 17.1 Å². The molecule has 1 aromatic carbocycles. The number of rotatable bonds is 4. The zero-order valence-electron chi connectivity index (χ0n) is 10.7. The number of nitrogens with zero attached hydrogens (tertiary/aromatic N) is 2. The average molecular weight is 272 g/mol. The maximum atomic E-state index is 11.9. The number of benzene rings is 1. The van der Waals surface area contributed by atoms with Gasteiger partial charge in [0.2, 0.25) is 0 Å². The Kier molecular flexibility index (Phi) is 4.05. The number of para-hydroxylation sites is 1. The van der Waals surface area contributed by atoms with Crippen LogP contribution >= 0.6 is 0 Å². The molecule has 0 saturated carbocycles. The van der Waals surface area contributed by atoms with Crippen molar-refractivity contribution in [3.8, 4) is 0 Å². The van der Waals surface area contributed by atoms with Crippen LogP contribution in [-0.2, 0) is 14.3 Å². The van der Waals surface area contributed by atoms with Crippen molar-refractivity contribution in [2.75, 3.05) is 6.61 Å². The number of fused-ring (bicyclic) bond motifs is 1. The van der Waals surface area contributed by atoms with E-state index in [1.165, 1.54) is 12.3 Å². The second kappa shape index (κ2) is 5.92. The minimum atomic E-state index is -1.05. The molecule has 0 amide bonds. The number of carbonyl (C=O) groups excluding carboxylic acids is 2. The summed E-state index contributed by atoms with van der Waals surface area (Å²) in [5.41, 5.74) is 0.598. The lowest BCUT2D eigenvalue weighted by Crippen LogP contribution is -2.27. The number of ether oxygens (including phenoxy) is 1. The summed E-state index contributed by atoms with van der Waals surface area (Å²) in [6, 6.07) is 8.54. The van der Waals surface area contributed by atoms with Crippen molar-refractivity contribution in [1.82, 2.24) is 4.98 Å². The molecule has 0 aliphatic carbocycles. The smallest absolute Gasteiger partial charge is 0.381 e. The molecule has 0 aliphatic heterocycles. The van der Waals surface area contributed by atoms with Gasteiger partial charge in [-0.1, -0.05) is 23.4 Å². The molecule has 0 radical (unpaired) electrons. The molecule has 0 spiro atoms. The molecule has 0 saturated heterocycles. The van der Waals surface area contributed by atoms with E-state index in [0.29, 0.717) is 16.5 Å². The maximum Gasteiger partial charge on any atom is 0.381 e. The molecular weight excluding hydrogens is 260 g/mol.